The maximum Gasteiger partial charge on any atom is 0.329 e. The molecule has 1 aliphatic rings. The van der Waals surface area contributed by atoms with Crippen LogP contribution in [0.5, 0.6) is 0 Å². The average Bonchev–Trinajstić information content (AvgIpc) is 3.01. The molecule has 0 saturated carbocycles. The van der Waals surface area contributed by atoms with Gasteiger partial charge in [0.25, 0.3) is 5.91 Å². The van der Waals surface area contributed by atoms with E-state index in [1.54, 1.807) is 0 Å². The summed E-state index contributed by atoms with van der Waals surface area (Å²) in [5.74, 6) is -1.30. The highest BCUT2D eigenvalue weighted by Crippen LogP contribution is 2.20. The maximum absolute atomic E-state index is 12.3. The molecule has 1 saturated heterocycles. The lowest BCUT2D eigenvalue weighted by Crippen LogP contribution is -2.46. The van der Waals surface area contributed by atoms with E-state index in [0.717, 1.165) is 12.0 Å². The van der Waals surface area contributed by atoms with Gasteiger partial charge in [0.2, 0.25) is 0 Å². The lowest BCUT2D eigenvalue weighted by atomic mass is 10.2. The van der Waals surface area contributed by atoms with Gasteiger partial charge in [-0.05, 0) is 25.3 Å². The van der Waals surface area contributed by atoms with Gasteiger partial charge >= 0.3 is 11.9 Å². The number of benzene rings is 1. The molecule has 1 aliphatic heterocycles. The molecule has 2 rings (SSSR count). The fraction of sp³-hybridized carbons (Fsp3) is 0.471. The largest absolute Gasteiger partial charge is 0.459 e. The molecule has 2 atom stereocenters. The molecule has 0 N–H and O–H groups in total. The molecular formula is C17H21NO5. The van der Waals surface area contributed by atoms with Crippen LogP contribution >= 0.6 is 0 Å². The summed E-state index contributed by atoms with van der Waals surface area (Å²) in [6.07, 6.45) is 0.394. The van der Waals surface area contributed by atoms with Crippen molar-refractivity contribution in [1.82, 2.24) is 4.90 Å². The minimum atomic E-state index is -0.893. The highest BCUT2D eigenvalue weighted by Gasteiger charge is 2.37. The van der Waals surface area contributed by atoms with E-state index >= 15 is 0 Å². The van der Waals surface area contributed by atoms with Crippen molar-refractivity contribution in [3.63, 3.8) is 0 Å². The molecule has 1 heterocycles. The summed E-state index contributed by atoms with van der Waals surface area (Å²) in [6, 6.07) is 8.76. The van der Waals surface area contributed by atoms with E-state index in [0.29, 0.717) is 13.0 Å². The second-order valence-corrected chi connectivity index (χ2v) is 5.53. The Morgan fingerprint density at radius 2 is 1.96 bits per heavy atom. The lowest BCUT2D eigenvalue weighted by molar-refractivity contribution is -0.162. The Morgan fingerprint density at radius 3 is 2.61 bits per heavy atom. The van der Waals surface area contributed by atoms with Gasteiger partial charge in [-0.1, -0.05) is 30.3 Å². The molecule has 6 heteroatoms. The number of nitrogens with zero attached hydrogens (tertiary/aromatic N) is 1. The van der Waals surface area contributed by atoms with Crippen molar-refractivity contribution >= 4 is 17.8 Å². The smallest absolute Gasteiger partial charge is 0.329 e. The van der Waals surface area contributed by atoms with E-state index in [9.17, 15) is 14.4 Å². The van der Waals surface area contributed by atoms with Crippen LogP contribution in [0.25, 0.3) is 0 Å². The van der Waals surface area contributed by atoms with Crippen molar-refractivity contribution in [2.24, 2.45) is 0 Å². The van der Waals surface area contributed by atoms with Crippen molar-refractivity contribution in [2.75, 3.05) is 6.54 Å². The monoisotopic (exact) mass is 319 g/mol. The number of amides is 1. The Hall–Kier alpha value is -2.37. The van der Waals surface area contributed by atoms with Crippen LogP contribution in [-0.2, 0) is 30.5 Å². The number of rotatable bonds is 5. The summed E-state index contributed by atoms with van der Waals surface area (Å²) in [6.45, 7) is 3.40. The van der Waals surface area contributed by atoms with E-state index in [2.05, 4.69) is 0 Å². The van der Waals surface area contributed by atoms with Gasteiger partial charge < -0.3 is 14.4 Å². The van der Waals surface area contributed by atoms with Gasteiger partial charge in [0, 0.05) is 13.5 Å². The van der Waals surface area contributed by atoms with Gasteiger partial charge in [-0.3, -0.25) is 9.59 Å². The normalized spacial score (nSPS) is 18.3. The summed E-state index contributed by atoms with van der Waals surface area (Å²) in [4.78, 5) is 37.0. The molecule has 0 aromatic heterocycles. The summed E-state index contributed by atoms with van der Waals surface area (Å²) >= 11 is 0. The van der Waals surface area contributed by atoms with Crippen LogP contribution < -0.4 is 0 Å². The minimum absolute atomic E-state index is 0.178. The molecule has 1 fully saturated rings. The number of esters is 2. The van der Waals surface area contributed by atoms with Gasteiger partial charge in [-0.2, -0.15) is 0 Å². The van der Waals surface area contributed by atoms with Gasteiger partial charge in [0.05, 0.1) is 0 Å². The summed E-state index contributed by atoms with van der Waals surface area (Å²) < 4.78 is 10.2. The molecule has 124 valence electrons. The van der Waals surface area contributed by atoms with Crippen molar-refractivity contribution in [2.45, 2.75) is 45.4 Å². The second-order valence-electron chi connectivity index (χ2n) is 5.53. The van der Waals surface area contributed by atoms with E-state index in [-0.39, 0.29) is 12.5 Å². The minimum Gasteiger partial charge on any atom is -0.459 e. The number of hydrogen-bond donors (Lipinski definition) is 0. The Kier molecular flexibility index (Phi) is 5.73. The van der Waals surface area contributed by atoms with Crippen molar-refractivity contribution in [3.8, 4) is 0 Å². The fourth-order valence-corrected chi connectivity index (χ4v) is 2.63. The van der Waals surface area contributed by atoms with Crippen LogP contribution in [0.1, 0.15) is 32.3 Å². The van der Waals surface area contributed by atoms with Crippen LogP contribution in [0.15, 0.2) is 30.3 Å². The third-order valence-electron chi connectivity index (χ3n) is 3.72. The lowest BCUT2D eigenvalue weighted by Gasteiger charge is -2.25. The van der Waals surface area contributed by atoms with Crippen LogP contribution in [0.2, 0.25) is 0 Å². The summed E-state index contributed by atoms with van der Waals surface area (Å²) in [5.41, 5.74) is 0.894. The van der Waals surface area contributed by atoms with Crippen molar-refractivity contribution in [3.05, 3.63) is 35.9 Å². The predicted octanol–water partition coefficient (Wildman–Crippen LogP) is 1.67. The maximum atomic E-state index is 12.3. The Balaban J connectivity index is 1.93. The molecule has 0 radical (unpaired) electrons. The number of hydrogen-bond acceptors (Lipinski definition) is 5. The number of carbonyl (C=O) groups is 3. The molecule has 0 bridgehead atoms. The van der Waals surface area contributed by atoms with Crippen LogP contribution in [0.3, 0.4) is 0 Å². The highest BCUT2D eigenvalue weighted by molar-refractivity contribution is 5.88. The summed E-state index contributed by atoms with van der Waals surface area (Å²) in [7, 11) is 0. The standard InChI is InChI=1S/C17H21NO5/c1-12(23-13(2)19)16(20)18-10-6-9-15(18)17(21)22-11-14-7-4-3-5-8-14/h3-5,7-8,12,15H,6,9-11H2,1-2H3/t12-,15-/m1/s1. The van der Waals surface area contributed by atoms with Gasteiger partial charge in [-0.15, -0.1) is 0 Å². The van der Waals surface area contributed by atoms with Gasteiger partial charge in [0.1, 0.15) is 12.6 Å². The first kappa shape index (κ1) is 17.0. The highest BCUT2D eigenvalue weighted by atomic mass is 16.5. The quantitative estimate of drug-likeness (QED) is 0.772. The van der Waals surface area contributed by atoms with E-state index < -0.39 is 24.1 Å². The molecule has 23 heavy (non-hydrogen) atoms. The fourth-order valence-electron chi connectivity index (χ4n) is 2.63. The van der Waals surface area contributed by atoms with Gasteiger partial charge in [0.15, 0.2) is 6.10 Å². The Morgan fingerprint density at radius 1 is 1.26 bits per heavy atom. The van der Waals surface area contributed by atoms with Crippen LogP contribution in [0, 0.1) is 0 Å². The average molecular weight is 319 g/mol. The SMILES string of the molecule is CC(=O)O[C@H](C)C(=O)N1CCC[C@@H]1C(=O)OCc1ccccc1. The van der Waals surface area contributed by atoms with E-state index in [1.807, 2.05) is 30.3 Å². The molecule has 0 unspecified atom stereocenters. The third-order valence-corrected chi connectivity index (χ3v) is 3.72. The molecule has 6 nitrogen and oxygen atoms in total. The Bertz CT molecular complexity index is 572. The number of ether oxygens (including phenoxy) is 2. The van der Waals surface area contributed by atoms with Gasteiger partial charge in [-0.25, -0.2) is 4.79 Å². The zero-order valence-corrected chi connectivity index (χ0v) is 13.4. The molecule has 1 aromatic carbocycles. The zero-order valence-electron chi connectivity index (χ0n) is 13.4. The zero-order chi connectivity index (χ0) is 16.8. The third kappa shape index (κ3) is 4.55. The van der Waals surface area contributed by atoms with E-state index in [4.69, 9.17) is 9.47 Å². The molecule has 0 aliphatic carbocycles. The summed E-state index contributed by atoms with van der Waals surface area (Å²) in [5, 5.41) is 0. The Labute approximate surface area is 135 Å². The molecular weight excluding hydrogens is 298 g/mol. The first-order chi connectivity index (χ1) is 11.0. The number of likely N-dealkylation sites (tertiary alicyclic amines) is 1. The second kappa shape index (κ2) is 7.76. The first-order valence-corrected chi connectivity index (χ1v) is 7.67. The van der Waals surface area contributed by atoms with E-state index in [1.165, 1.54) is 18.7 Å². The van der Waals surface area contributed by atoms with Crippen molar-refractivity contribution in [1.29, 1.82) is 0 Å². The molecule has 0 spiro atoms. The topological polar surface area (TPSA) is 72.9 Å². The van der Waals surface area contributed by atoms with Crippen molar-refractivity contribution < 1.29 is 23.9 Å². The first-order valence-electron chi connectivity index (χ1n) is 7.67. The molecule has 1 aromatic rings. The number of carbonyl (C=O) groups excluding carboxylic acids is 3. The molecule has 1 amide bonds. The predicted molar refractivity (Wildman–Crippen MR) is 82.2 cm³/mol. The van der Waals surface area contributed by atoms with Crippen LogP contribution in [-0.4, -0.2) is 41.4 Å². The van der Waals surface area contributed by atoms with Crippen LogP contribution in [0.4, 0.5) is 0 Å².